The number of hydrogen-bond donors (Lipinski definition) is 1. The fourth-order valence-electron chi connectivity index (χ4n) is 2.09. The quantitative estimate of drug-likeness (QED) is 0.773. The summed E-state index contributed by atoms with van der Waals surface area (Å²) in [6, 6.07) is 6.59. The molecule has 0 aliphatic rings. The molecule has 0 aliphatic heterocycles. The highest BCUT2D eigenvalue weighted by molar-refractivity contribution is 7.89. The predicted octanol–water partition coefficient (Wildman–Crippen LogP) is 1.91. The molecule has 7 nitrogen and oxygen atoms in total. The van der Waals surface area contributed by atoms with Crippen molar-refractivity contribution in [2.75, 3.05) is 0 Å². The summed E-state index contributed by atoms with van der Waals surface area (Å²) < 4.78 is 49.9. The molecule has 1 aromatic carbocycles. The molecule has 0 atom stereocenters. The highest BCUT2D eigenvalue weighted by atomic mass is 32.2. The summed E-state index contributed by atoms with van der Waals surface area (Å²) in [6.45, 7) is 0. The smallest absolute Gasteiger partial charge is 0.261 e. The number of halogens is 2. The first-order valence-corrected chi connectivity index (χ1v) is 8.18. The Bertz CT molecular complexity index is 957. The molecule has 0 amide bonds. The third kappa shape index (κ3) is 3.14. The molecular weight excluding hydrogens is 340 g/mol. The van der Waals surface area contributed by atoms with Gasteiger partial charge < -0.3 is 0 Å². The Morgan fingerprint density at radius 1 is 1.12 bits per heavy atom. The van der Waals surface area contributed by atoms with Crippen LogP contribution in [-0.4, -0.2) is 28.2 Å². The Labute approximate surface area is 135 Å². The van der Waals surface area contributed by atoms with Crippen LogP contribution in [0.1, 0.15) is 12.1 Å². The third-order valence-electron chi connectivity index (χ3n) is 3.19. The second-order valence-corrected chi connectivity index (χ2v) is 6.36. The zero-order chi connectivity index (χ0) is 17.3. The van der Waals surface area contributed by atoms with E-state index in [0.29, 0.717) is 17.1 Å². The number of aromatic nitrogens is 4. The first kappa shape index (κ1) is 16.1. The minimum absolute atomic E-state index is 0.0893. The van der Waals surface area contributed by atoms with Crippen LogP contribution in [0.3, 0.4) is 0 Å². The minimum Gasteiger partial charge on any atom is -0.261 e. The van der Waals surface area contributed by atoms with E-state index < -0.39 is 22.1 Å². The fourth-order valence-corrected chi connectivity index (χ4v) is 2.61. The molecule has 0 saturated heterocycles. The highest BCUT2D eigenvalue weighted by Crippen LogP contribution is 2.27. The van der Waals surface area contributed by atoms with Crippen molar-refractivity contribution in [2.45, 2.75) is 11.3 Å². The SMILES string of the molecule is NS(=O)(=O)c1ccc(-n2nc(C(F)F)cc2-c2cnccn2)cc1. The molecule has 124 valence electrons. The largest absolute Gasteiger partial charge is 0.282 e. The number of nitrogens with two attached hydrogens (primary N) is 1. The Balaban J connectivity index is 2.13. The summed E-state index contributed by atoms with van der Waals surface area (Å²) >= 11 is 0. The first-order valence-electron chi connectivity index (χ1n) is 6.64. The Morgan fingerprint density at radius 3 is 2.38 bits per heavy atom. The number of primary sulfonamides is 1. The maximum atomic E-state index is 13.0. The Hall–Kier alpha value is -2.72. The lowest BCUT2D eigenvalue weighted by molar-refractivity contribution is 0.145. The van der Waals surface area contributed by atoms with Crippen LogP contribution in [0.2, 0.25) is 0 Å². The van der Waals surface area contributed by atoms with E-state index >= 15 is 0 Å². The molecule has 0 saturated carbocycles. The van der Waals surface area contributed by atoms with Crippen molar-refractivity contribution in [3.8, 4) is 17.1 Å². The van der Waals surface area contributed by atoms with Crippen LogP contribution in [0.4, 0.5) is 8.78 Å². The Morgan fingerprint density at radius 2 is 1.83 bits per heavy atom. The number of benzene rings is 1. The van der Waals surface area contributed by atoms with Gasteiger partial charge in [0.05, 0.1) is 22.5 Å². The van der Waals surface area contributed by atoms with E-state index in [1.54, 1.807) is 0 Å². The van der Waals surface area contributed by atoms with Crippen molar-refractivity contribution >= 4 is 10.0 Å². The van der Waals surface area contributed by atoms with Crippen molar-refractivity contribution in [1.82, 2.24) is 19.7 Å². The van der Waals surface area contributed by atoms with Gasteiger partial charge in [0.2, 0.25) is 10.0 Å². The van der Waals surface area contributed by atoms with E-state index in [1.807, 2.05) is 0 Å². The number of hydrogen-bond acceptors (Lipinski definition) is 5. The van der Waals surface area contributed by atoms with Crippen LogP contribution in [0, 0.1) is 0 Å². The molecule has 2 heterocycles. The van der Waals surface area contributed by atoms with Gasteiger partial charge in [-0.3, -0.25) is 9.97 Å². The molecule has 0 spiro atoms. The van der Waals surface area contributed by atoms with E-state index in [1.165, 1.54) is 53.6 Å². The van der Waals surface area contributed by atoms with Gasteiger partial charge in [0.15, 0.2) is 0 Å². The maximum Gasteiger partial charge on any atom is 0.282 e. The number of alkyl halides is 2. The number of sulfonamides is 1. The maximum absolute atomic E-state index is 13.0. The Kier molecular flexibility index (Phi) is 4.08. The average molecular weight is 351 g/mol. The van der Waals surface area contributed by atoms with Gasteiger partial charge in [-0.05, 0) is 30.3 Å². The van der Waals surface area contributed by atoms with Gasteiger partial charge in [0.25, 0.3) is 6.43 Å². The lowest BCUT2D eigenvalue weighted by Gasteiger charge is -2.07. The minimum atomic E-state index is -3.84. The second kappa shape index (κ2) is 6.06. The zero-order valence-electron chi connectivity index (χ0n) is 12.0. The van der Waals surface area contributed by atoms with Crippen molar-refractivity contribution in [3.05, 3.63) is 54.6 Å². The molecule has 0 radical (unpaired) electrons. The van der Waals surface area contributed by atoms with Crippen molar-refractivity contribution in [2.24, 2.45) is 5.14 Å². The van der Waals surface area contributed by atoms with Crippen LogP contribution >= 0.6 is 0 Å². The van der Waals surface area contributed by atoms with Gasteiger partial charge in [-0.2, -0.15) is 5.10 Å². The molecule has 0 aliphatic carbocycles. The van der Waals surface area contributed by atoms with Crippen molar-refractivity contribution < 1.29 is 17.2 Å². The van der Waals surface area contributed by atoms with E-state index in [9.17, 15) is 17.2 Å². The van der Waals surface area contributed by atoms with Gasteiger partial charge >= 0.3 is 0 Å². The molecule has 0 unspecified atom stereocenters. The molecule has 24 heavy (non-hydrogen) atoms. The van der Waals surface area contributed by atoms with E-state index in [4.69, 9.17) is 5.14 Å². The fraction of sp³-hybridized carbons (Fsp3) is 0.0714. The molecular formula is C14H11F2N5O2S. The normalized spacial score (nSPS) is 11.8. The zero-order valence-corrected chi connectivity index (χ0v) is 12.9. The second-order valence-electron chi connectivity index (χ2n) is 4.80. The van der Waals surface area contributed by atoms with Gasteiger partial charge in [-0.1, -0.05) is 0 Å². The molecule has 3 rings (SSSR count). The van der Waals surface area contributed by atoms with E-state index in [-0.39, 0.29) is 4.90 Å². The van der Waals surface area contributed by atoms with Gasteiger partial charge in [0, 0.05) is 12.4 Å². The van der Waals surface area contributed by atoms with Crippen molar-refractivity contribution in [1.29, 1.82) is 0 Å². The molecule has 0 fully saturated rings. The molecule has 2 aromatic heterocycles. The van der Waals surface area contributed by atoms with Gasteiger partial charge in [-0.15, -0.1) is 0 Å². The summed E-state index contributed by atoms with van der Waals surface area (Å²) in [4.78, 5) is 7.90. The summed E-state index contributed by atoms with van der Waals surface area (Å²) in [5.74, 6) is 0. The summed E-state index contributed by atoms with van der Waals surface area (Å²) in [7, 11) is -3.84. The lowest BCUT2D eigenvalue weighted by atomic mass is 10.2. The number of rotatable bonds is 4. The van der Waals surface area contributed by atoms with E-state index in [0.717, 1.165) is 0 Å². The summed E-state index contributed by atoms with van der Waals surface area (Å²) in [6.07, 6.45) is 1.55. The summed E-state index contributed by atoms with van der Waals surface area (Å²) in [5.41, 5.74) is 0.621. The van der Waals surface area contributed by atoms with Gasteiger partial charge in [0.1, 0.15) is 11.4 Å². The molecule has 3 aromatic rings. The van der Waals surface area contributed by atoms with Crippen LogP contribution in [0.25, 0.3) is 17.1 Å². The predicted molar refractivity (Wildman–Crippen MR) is 80.9 cm³/mol. The summed E-state index contributed by atoms with van der Waals surface area (Å²) in [5, 5.41) is 8.91. The van der Waals surface area contributed by atoms with Crippen LogP contribution in [0.5, 0.6) is 0 Å². The average Bonchev–Trinajstić information content (AvgIpc) is 3.00. The van der Waals surface area contributed by atoms with Crippen LogP contribution in [0.15, 0.2) is 53.8 Å². The number of nitrogens with zero attached hydrogens (tertiary/aromatic N) is 4. The first-order chi connectivity index (χ1) is 11.4. The molecule has 2 N–H and O–H groups in total. The standard InChI is InChI=1S/C14H11F2N5O2S/c15-14(16)11-7-13(12-8-18-5-6-19-12)21(20-11)9-1-3-10(4-2-9)24(17,22)23/h1-8,14H,(H2,17,22,23). The molecule has 0 bridgehead atoms. The highest BCUT2D eigenvalue weighted by Gasteiger charge is 2.19. The van der Waals surface area contributed by atoms with Crippen LogP contribution in [-0.2, 0) is 10.0 Å². The van der Waals surface area contributed by atoms with Crippen LogP contribution < -0.4 is 5.14 Å². The molecule has 10 heteroatoms. The monoisotopic (exact) mass is 351 g/mol. The topological polar surface area (TPSA) is 104 Å². The van der Waals surface area contributed by atoms with Gasteiger partial charge in [-0.25, -0.2) is 27.0 Å². The lowest BCUT2D eigenvalue weighted by Crippen LogP contribution is -2.12. The third-order valence-corrected chi connectivity index (χ3v) is 4.12. The van der Waals surface area contributed by atoms with E-state index in [2.05, 4.69) is 15.1 Å². The van der Waals surface area contributed by atoms with Crippen molar-refractivity contribution in [3.63, 3.8) is 0 Å².